The number of likely N-dealkylation sites (N-methyl/N-ethyl adjacent to an activating group) is 1. The number of aromatic nitrogens is 1. The Kier molecular flexibility index (Phi) is 5.33. The second kappa shape index (κ2) is 7.83. The summed E-state index contributed by atoms with van der Waals surface area (Å²) in [6, 6.07) is 7.25. The van der Waals surface area contributed by atoms with Gasteiger partial charge in [0.15, 0.2) is 6.61 Å². The van der Waals surface area contributed by atoms with Gasteiger partial charge in [-0.05, 0) is 43.4 Å². The van der Waals surface area contributed by atoms with Crippen molar-refractivity contribution >= 4 is 11.8 Å². The summed E-state index contributed by atoms with van der Waals surface area (Å²) in [5.74, 6) is 0.440. The number of amides is 2. The maximum atomic E-state index is 12.4. The van der Waals surface area contributed by atoms with Crippen LogP contribution in [0.25, 0.3) is 0 Å². The van der Waals surface area contributed by atoms with E-state index in [2.05, 4.69) is 15.8 Å². The van der Waals surface area contributed by atoms with Gasteiger partial charge in [0.25, 0.3) is 11.8 Å². The molecular formula is C18H21N3O4. The summed E-state index contributed by atoms with van der Waals surface area (Å²) in [5.41, 5.74) is 2.71. The van der Waals surface area contributed by atoms with Gasteiger partial charge >= 0.3 is 0 Å². The monoisotopic (exact) mass is 343 g/mol. The Morgan fingerprint density at radius 3 is 2.96 bits per heavy atom. The van der Waals surface area contributed by atoms with Crippen molar-refractivity contribution in [1.29, 1.82) is 0 Å². The van der Waals surface area contributed by atoms with Gasteiger partial charge in [0.05, 0.1) is 5.69 Å². The molecule has 0 saturated carbocycles. The molecule has 0 fully saturated rings. The van der Waals surface area contributed by atoms with E-state index in [0.29, 0.717) is 18.1 Å². The zero-order chi connectivity index (χ0) is 17.6. The number of nitrogens with one attached hydrogen (secondary N) is 2. The number of rotatable bonds is 6. The standard InChI is InChI=1S/C18H21N3O4/c1-19-16(22)11-24-13-6-4-5-12(9-13)10-20-18(23)17-14-7-2-3-8-15(14)21-25-17/h4-6,9H,2-3,7-8,10-11H2,1H3,(H,19,22)(H,20,23). The van der Waals surface area contributed by atoms with Crippen molar-refractivity contribution in [3.63, 3.8) is 0 Å². The minimum atomic E-state index is -0.257. The fourth-order valence-electron chi connectivity index (χ4n) is 2.80. The van der Waals surface area contributed by atoms with Gasteiger partial charge in [0.2, 0.25) is 5.76 Å². The Labute approximate surface area is 145 Å². The first kappa shape index (κ1) is 17.0. The van der Waals surface area contributed by atoms with Crippen molar-refractivity contribution in [2.75, 3.05) is 13.7 Å². The van der Waals surface area contributed by atoms with Crippen LogP contribution in [0.2, 0.25) is 0 Å². The van der Waals surface area contributed by atoms with E-state index >= 15 is 0 Å². The van der Waals surface area contributed by atoms with E-state index in [0.717, 1.165) is 42.5 Å². The van der Waals surface area contributed by atoms with E-state index < -0.39 is 0 Å². The predicted molar refractivity (Wildman–Crippen MR) is 90.3 cm³/mol. The van der Waals surface area contributed by atoms with Crippen LogP contribution >= 0.6 is 0 Å². The van der Waals surface area contributed by atoms with Gasteiger partial charge in [-0.1, -0.05) is 17.3 Å². The molecule has 0 aliphatic heterocycles. The molecule has 0 bridgehead atoms. The van der Waals surface area contributed by atoms with Crippen LogP contribution in [-0.2, 0) is 24.2 Å². The van der Waals surface area contributed by atoms with E-state index in [1.807, 2.05) is 12.1 Å². The molecule has 1 aliphatic carbocycles. The third-order valence-corrected chi connectivity index (χ3v) is 4.17. The van der Waals surface area contributed by atoms with Gasteiger partial charge in [-0.15, -0.1) is 0 Å². The van der Waals surface area contributed by atoms with Crippen molar-refractivity contribution < 1.29 is 18.8 Å². The van der Waals surface area contributed by atoms with Crippen LogP contribution in [0.3, 0.4) is 0 Å². The van der Waals surface area contributed by atoms with E-state index in [4.69, 9.17) is 9.26 Å². The zero-order valence-electron chi connectivity index (χ0n) is 14.1. The Morgan fingerprint density at radius 1 is 1.28 bits per heavy atom. The number of benzene rings is 1. The van der Waals surface area contributed by atoms with Crippen molar-refractivity contribution in [1.82, 2.24) is 15.8 Å². The minimum Gasteiger partial charge on any atom is -0.484 e. The predicted octanol–water partition coefficient (Wildman–Crippen LogP) is 1.61. The number of carbonyl (C=O) groups excluding carboxylic acids is 2. The van der Waals surface area contributed by atoms with Crippen LogP contribution < -0.4 is 15.4 Å². The summed E-state index contributed by atoms with van der Waals surface area (Å²) >= 11 is 0. The second-order valence-corrected chi connectivity index (χ2v) is 5.94. The van der Waals surface area contributed by atoms with Gasteiger partial charge in [0, 0.05) is 19.2 Å². The summed E-state index contributed by atoms with van der Waals surface area (Å²) in [7, 11) is 1.56. The summed E-state index contributed by atoms with van der Waals surface area (Å²) in [5, 5.41) is 9.34. The van der Waals surface area contributed by atoms with E-state index in [9.17, 15) is 9.59 Å². The van der Waals surface area contributed by atoms with Crippen LogP contribution in [0.1, 0.15) is 40.2 Å². The van der Waals surface area contributed by atoms with Gasteiger partial charge < -0.3 is 19.9 Å². The number of hydrogen-bond donors (Lipinski definition) is 2. The van der Waals surface area contributed by atoms with E-state index in [1.165, 1.54) is 0 Å². The molecule has 0 radical (unpaired) electrons. The fraction of sp³-hybridized carbons (Fsp3) is 0.389. The molecule has 2 aromatic rings. The number of carbonyl (C=O) groups is 2. The Balaban J connectivity index is 1.59. The molecule has 0 spiro atoms. The van der Waals surface area contributed by atoms with E-state index in [-0.39, 0.29) is 18.4 Å². The minimum absolute atomic E-state index is 0.0451. The molecule has 25 heavy (non-hydrogen) atoms. The Bertz CT molecular complexity index is 769. The summed E-state index contributed by atoms with van der Waals surface area (Å²) in [6.07, 6.45) is 3.85. The van der Waals surface area contributed by atoms with Crippen LogP contribution in [0, 0.1) is 0 Å². The highest BCUT2D eigenvalue weighted by Crippen LogP contribution is 2.23. The number of nitrogens with zero attached hydrogens (tertiary/aromatic N) is 1. The maximum absolute atomic E-state index is 12.4. The average molecular weight is 343 g/mol. The lowest BCUT2D eigenvalue weighted by Gasteiger charge is -2.10. The van der Waals surface area contributed by atoms with Gasteiger partial charge in [-0.2, -0.15) is 0 Å². The molecule has 2 N–H and O–H groups in total. The second-order valence-electron chi connectivity index (χ2n) is 5.94. The first-order valence-corrected chi connectivity index (χ1v) is 8.35. The number of aryl methyl sites for hydroxylation is 1. The van der Waals surface area contributed by atoms with Gasteiger partial charge in [0.1, 0.15) is 5.75 Å². The number of hydrogen-bond acceptors (Lipinski definition) is 5. The molecule has 1 aromatic heterocycles. The Morgan fingerprint density at radius 2 is 2.12 bits per heavy atom. The third-order valence-electron chi connectivity index (χ3n) is 4.17. The zero-order valence-corrected chi connectivity index (χ0v) is 14.1. The summed E-state index contributed by atoms with van der Waals surface area (Å²) < 4.78 is 10.6. The maximum Gasteiger partial charge on any atom is 0.290 e. The fourth-order valence-corrected chi connectivity index (χ4v) is 2.80. The lowest BCUT2D eigenvalue weighted by Crippen LogP contribution is -2.25. The first-order chi connectivity index (χ1) is 12.2. The highest BCUT2D eigenvalue weighted by atomic mass is 16.5. The molecule has 0 saturated heterocycles. The molecule has 0 unspecified atom stereocenters. The van der Waals surface area contributed by atoms with Crippen LogP contribution in [-0.4, -0.2) is 30.6 Å². The molecule has 7 heteroatoms. The van der Waals surface area contributed by atoms with Crippen LogP contribution in [0.15, 0.2) is 28.8 Å². The number of fused-ring (bicyclic) bond motifs is 1. The van der Waals surface area contributed by atoms with Crippen molar-refractivity contribution in [3.05, 3.63) is 46.8 Å². The largest absolute Gasteiger partial charge is 0.484 e. The molecule has 1 aromatic carbocycles. The van der Waals surface area contributed by atoms with Crippen molar-refractivity contribution in [2.24, 2.45) is 0 Å². The number of ether oxygens (including phenoxy) is 1. The molecule has 132 valence electrons. The summed E-state index contributed by atoms with van der Waals surface area (Å²) in [4.78, 5) is 23.6. The molecule has 3 rings (SSSR count). The van der Waals surface area contributed by atoms with Gasteiger partial charge in [-0.3, -0.25) is 9.59 Å². The van der Waals surface area contributed by atoms with Crippen molar-refractivity contribution in [2.45, 2.75) is 32.2 Å². The molecule has 1 aliphatic rings. The molecule has 2 amide bonds. The average Bonchev–Trinajstić information content (AvgIpc) is 3.08. The van der Waals surface area contributed by atoms with Crippen molar-refractivity contribution in [3.8, 4) is 5.75 Å². The molecule has 0 atom stereocenters. The molecular weight excluding hydrogens is 322 g/mol. The van der Waals surface area contributed by atoms with Crippen LogP contribution in [0.4, 0.5) is 0 Å². The highest BCUT2D eigenvalue weighted by Gasteiger charge is 2.23. The third kappa shape index (κ3) is 4.17. The highest BCUT2D eigenvalue weighted by molar-refractivity contribution is 5.93. The lowest BCUT2D eigenvalue weighted by atomic mass is 9.96. The quantitative estimate of drug-likeness (QED) is 0.831. The Hall–Kier alpha value is -2.83. The first-order valence-electron chi connectivity index (χ1n) is 8.35. The molecule has 7 nitrogen and oxygen atoms in total. The normalized spacial score (nSPS) is 13.0. The lowest BCUT2D eigenvalue weighted by molar-refractivity contribution is -0.122. The van der Waals surface area contributed by atoms with Crippen LogP contribution in [0.5, 0.6) is 5.75 Å². The molecule has 1 heterocycles. The SMILES string of the molecule is CNC(=O)COc1cccc(CNC(=O)c2onc3c2CCCC3)c1. The smallest absolute Gasteiger partial charge is 0.290 e. The topological polar surface area (TPSA) is 93.5 Å². The summed E-state index contributed by atoms with van der Waals surface area (Å²) in [6.45, 7) is 0.294. The van der Waals surface area contributed by atoms with E-state index in [1.54, 1.807) is 19.2 Å². The van der Waals surface area contributed by atoms with Gasteiger partial charge in [-0.25, -0.2) is 0 Å².